The van der Waals surface area contributed by atoms with E-state index in [1.807, 2.05) is 6.07 Å². The number of aliphatic carboxylic acids is 1. The number of hydrogen-bond acceptors (Lipinski definition) is 7. The molecule has 9 nitrogen and oxygen atoms in total. The summed E-state index contributed by atoms with van der Waals surface area (Å²) in [6, 6.07) is 1.99. The molecule has 0 radical (unpaired) electrons. The van der Waals surface area contributed by atoms with Crippen molar-refractivity contribution in [1.82, 2.24) is 5.43 Å². The maximum absolute atomic E-state index is 10.8. The molecule has 0 saturated heterocycles. The number of benzene rings is 1. The number of methoxy groups -OCH3 is 2. The Morgan fingerprint density at radius 2 is 2.00 bits per heavy atom. The number of carboxylic acid groups (broad SMARTS) is 1. The summed E-state index contributed by atoms with van der Waals surface area (Å²) in [5.74, 6) is 6.03. The fourth-order valence-electron chi connectivity index (χ4n) is 4.08. The van der Waals surface area contributed by atoms with E-state index >= 15 is 0 Å². The van der Waals surface area contributed by atoms with E-state index in [2.05, 4.69) is 15.6 Å². The van der Waals surface area contributed by atoms with Gasteiger partial charge in [-0.2, -0.15) is 10.2 Å². The number of nitrogens with one attached hydrogen (secondary N) is 1. The van der Waals surface area contributed by atoms with Crippen molar-refractivity contribution in [1.29, 1.82) is 0 Å². The molecule has 3 rings (SSSR count). The number of carbonyl (C=O) groups is 1. The number of hydrazone groups is 2. The predicted molar refractivity (Wildman–Crippen MR) is 114 cm³/mol. The summed E-state index contributed by atoms with van der Waals surface area (Å²) >= 11 is 0. The quantitative estimate of drug-likeness (QED) is 0.186. The first-order chi connectivity index (χ1) is 14.6. The van der Waals surface area contributed by atoms with Crippen LogP contribution in [0.1, 0.15) is 49.7 Å². The lowest BCUT2D eigenvalue weighted by molar-refractivity contribution is -0.137. The minimum Gasteiger partial charge on any atom is -0.493 e. The lowest BCUT2D eigenvalue weighted by Crippen LogP contribution is -2.11. The monoisotopic (exact) mass is 416 g/mol. The van der Waals surface area contributed by atoms with E-state index in [-0.39, 0.29) is 13.0 Å². The highest BCUT2D eigenvalue weighted by Gasteiger charge is 2.31. The van der Waals surface area contributed by atoms with Gasteiger partial charge in [-0.05, 0) is 61.3 Å². The number of carboxylic acids is 1. The summed E-state index contributed by atoms with van der Waals surface area (Å²) in [4.78, 5) is 10.8. The molecule has 0 amide bonds. The van der Waals surface area contributed by atoms with Crippen LogP contribution in [-0.4, -0.2) is 44.0 Å². The van der Waals surface area contributed by atoms with Gasteiger partial charge >= 0.3 is 5.97 Å². The molecule has 1 aromatic carbocycles. The molecule has 2 aliphatic carbocycles. The van der Waals surface area contributed by atoms with Crippen molar-refractivity contribution in [3.63, 3.8) is 0 Å². The third-order valence-corrected chi connectivity index (χ3v) is 5.32. The first kappa shape index (κ1) is 21.5. The molecule has 4 N–H and O–H groups in total. The normalized spacial score (nSPS) is 16.9. The molecule has 30 heavy (non-hydrogen) atoms. The first-order valence-corrected chi connectivity index (χ1v) is 9.99. The zero-order valence-electron chi connectivity index (χ0n) is 17.4. The van der Waals surface area contributed by atoms with Gasteiger partial charge in [0.2, 0.25) is 5.75 Å². The third kappa shape index (κ3) is 4.50. The molecule has 0 saturated carbocycles. The molecule has 9 heteroatoms. The van der Waals surface area contributed by atoms with Crippen LogP contribution in [0.25, 0.3) is 5.57 Å². The van der Waals surface area contributed by atoms with Crippen LogP contribution in [0, 0.1) is 0 Å². The molecule has 0 unspecified atom stereocenters. The molecule has 0 aromatic heterocycles. The van der Waals surface area contributed by atoms with Gasteiger partial charge < -0.3 is 25.2 Å². The van der Waals surface area contributed by atoms with Crippen molar-refractivity contribution in [2.45, 2.75) is 44.9 Å². The van der Waals surface area contributed by atoms with E-state index in [0.29, 0.717) is 23.7 Å². The second kappa shape index (κ2) is 10.00. The Labute approximate surface area is 175 Å². The number of ether oxygens (including phenoxy) is 3. The highest BCUT2D eigenvalue weighted by Crippen LogP contribution is 2.50. The summed E-state index contributed by atoms with van der Waals surface area (Å²) in [5, 5.41) is 16.8. The minimum absolute atomic E-state index is 0.0454. The molecular weight excluding hydrogens is 388 g/mol. The van der Waals surface area contributed by atoms with Crippen molar-refractivity contribution in [3.8, 4) is 17.2 Å². The van der Waals surface area contributed by atoms with Crippen molar-refractivity contribution < 1.29 is 24.1 Å². The Bertz CT molecular complexity index is 892. The highest BCUT2D eigenvalue weighted by atomic mass is 16.5. The largest absolute Gasteiger partial charge is 0.493 e. The molecular formula is C21H28N4O5. The van der Waals surface area contributed by atoms with Crippen LogP contribution in [0.4, 0.5) is 0 Å². The second-order valence-electron chi connectivity index (χ2n) is 7.10. The highest BCUT2D eigenvalue weighted by molar-refractivity contribution is 6.09. The molecule has 0 atom stereocenters. The standard InChI is InChI=1S/C21H28N4O5/c1-28-17-11-13-8-9-16(25-24-12-23-22)14-5-3-6-15(14)19(13)21(29-2)20(17)30-10-4-7-18(26)27/h11-12H,3-10,22H2,1-2H3,(H,23,24)(H,26,27). The summed E-state index contributed by atoms with van der Waals surface area (Å²) in [6.45, 7) is 0.263. The van der Waals surface area contributed by atoms with Crippen molar-refractivity contribution in [3.05, 3.63) is 22.8 Å². The van der Waals surface area contributed by atoms with E-state index < -0.39 is 5.97 Å². The van der Waals surface area contributed by atoms with Crippen molar-refractivity contribution in [2.75, 3.05) is 20.8 Å². The average Bonchev–Trinajstić information content (AvgIpc) is 3.16. The second-order valence-corrected chi connectivity index (χ2v) is 7.10. The fourth-order valence-corrected chi connectivity index (χ4v) is 4.08. The van der Waals surface area contributed by atoms with Gasteiger partial charge in [0.25, 0.3) is 0 Å². The van der Waals surface area contributed by atoms with Gasteiger partial charge in [0.05, 0.1) is 26.5 Å². The third-order valence-electron chi connectivity index (χ3n) is 5.32. The van der Waals surface area contributed by atoms with Gasteiger partial charge in [0, 0.05) is 12.0 Å². The van der Waals surface area contributed by atoms with Crippen LogP contribution in [0.3, 0.4) is 0 Å². The Morgan fingerprint density at radius 3 is 2.70 bits per heavy atom. The van der Waals surface area contributed by atoms with Gasteiger partial charge in [-0.3, -0.25) is 10.2 Å². The number of nitrogens with zero attached hydrogens (tertiary/aromatic N) is 2. The van der Waals surface area contributed by atoms with Gasteiger partial charge in [0.15, 0.2) is 11.5 Å². The van der Waals surface area contributed by atoms with Crippen LogP contribution in [0.15, 0.2) is 21.8 Å². The molecule has 0 fully saturated rings. The van der Waals surface area contributed by atoms with Crippen LogP contribution in [0.2, 0.25) is 0 Å². The smallest absolute Gasteiger partial charge is 0.303 e. The Balaban J connectivity index is 2.03. The van der Waals surface area contributed by atoms with Crippen LogP contribution < -0.4 is 25.5 Å². The van der Waals surface area contributed by atoms with Crippen molar-refractivity contribution in [2.24, 2.45) is 16.0 Å². The topological polar surface area (TPSA) is 128 Å². The van der Waals surface area contributed by atoms with Crippen LogP contribution >= 0.6 is 0 Å². The predicted octanol–water partition coefficient (Wildman–Crippen LogP) is 2.68. The maximum Gasteiger partial charge on any atom is 0.303 e. The Morgan fingerprint density at radius 1 is 1.20 bits per heavy atom. The molecule has 162 valence electrons. The summed E-state index contributed by atoms with van der Waals surface area (Å²) in [7, 11) is 3.21. The lowest BCUT2D eigenvalue weighted by Gasteiger charge is -2.21. The molecule has 1 aromatic rings. The SMILES string of the molecule is COc1cc2c(c(OC)c1OCCCC(=O)O)C1=C(CCC1)C(=NNC=NN)CC2. The van der Waals surface area contributed by atoms with E-state index in [1.165, 1.54) is 17.5 Å². The van der Waals surface area contributed by atoms with Crippen molar-refractivity contribution >= 4 is 23.6 Å². The maximum atomic E-state index is 10.8. The minimum atomic E-state index is -0.847. The Hall–Kier alpha value is -3.23. The van der Waals surface area contributed by atoms with E-state index in [1.54, 1.807) is 14.2 Å². The first-order valence-electron chi connectivity index (χ1n) is 9.99. The van der Waals surface area contributed by atoms with E-state index in [0.717, 1.165) is 48.9 Å². The van der Waals surface area contributed by atoms with Gasteiger partial charge in [-0.1, -0.05) is 0 Å². The number of allylic oxidation sites excluding steroid dienone is 2. The molecule has 0 heterocycles. The number of rotatable bonds is 9. The van der Waals surface area contributed by atoms with Gasteiger partial charge in [0.1, 0.15) is 6.34 Å². The number of nitrogens with two attached hydrogens (primary N) is 1. The van der Waals surface area contributed by atoms with Gasteiger partial charge in [-0.25, -0.2) is 0 Å². The summed E-state index contributed by atoms with van der Waals surface area (Å²) in [6.07, 6.45) is 6.25. The number of hydrogen-bond donors (Lipinski definition) is 3. The Kier molecular flexibility index (Phi) is 7.16. The lowest BCUT2D eigenvalue weighted by atomic mass is 9.95. The van der Waals surface area contributed by atoms with Gasteiger partial charge in [-0.15, -0.1) is 0 Å². The molecule has 2 aliphatic rings. The van der Waals surface area contributed by atoms with E-state index in [9.17, 15) is 4.79 Å². The summed E-state index contributed by atoms with van der Waals surface area (Å²) < 4.78 is 17.3. The van der Waals surface area contributed by atoms with Crippen LogP contribution in [-0.2, 0) is 11.2 Å². The zero-order chi connectivity index (χ0) is 21.5. The average molecular weight is 416 g/mol. The van der Waals surface area contributed by atoms with Crippen LogP contribution in [0.5, 0.6) is 17.2 Å². The molecule has 0 spiro atoms. The number of aryl methyl sites for hydroxylation is 1. The van der Waals surface area contributed by atoms with E-state index in [4.69, 9.17) is 25.2 Å². The number of fused-ring (bicyclic) bond motifs is 2. The zero-order valence-corrected chi connectivity index (χ0v) is 17.4. The fraction of sp³-hybridized carbons (Fsp3) is 0.476. The molecule has 0 aliphatic heterocycles. The molecule has 0 bridgehead atoms. The summed E-state index contributed by atoms with van der Waals surface area (Å²) in [5.41, 5.74) is 8.36.